The van der Waals surface area contributed by atoms with E-state index in [-0.39, 0.29) is 0 Å². The molecule has 1 fully saturated rings. The van der Waals surface area contributed by atoms with Crippen molar-refractivity contribution in [2.45, 2.75) is 45.1 Å². The Morgan fingerprint density at radius 2 is 2.05 bits per heavy atom. The number of benzene rings is 1. The van der Waals surface area contributed by atoms with Gasteiger partial charge in [-0.2, -0.15) is 5.26 Å². The monoisotopic (exact) mass is 254 g/mol. The van der Waals surface area contributed by atoms with Crippen LogP contribution in [0.1, 0.15) is 43.4 Å². The zero-order valence-corrected chi connectivity index (χ0v) is 11.2. The molecular formula is C16H18N2O. The summed E-state index contributed by atoms with van der Waals surface area (Å²) < 4.78 is 6.15. The van der Waals surface area contributed by atoms with Crippen molar-refractivity contribution in [1.82, 2.24) is 4.98 Å². The van der Waals surface area contributed by atoms with Crippen LogP contribution >= 0.6 is 0 Å². The van der Waals surface area contributed by atoms with E-state index >= 15 is 0 Å². The van der Waals surface area contributed by atoms with Gasteiger partial charge in [-0.1, -0.05) is 6.42 Å². The minimum Gasteiger partial charge on any atom is -0.490 e. The maximum atomic E-state index is 9.15. The number of nitrogens with zero attached hydrogens (tertiary/aromatic N) is 1. The molecule has 0 spiro atoms. The van der Waals surface area contributed by atoms with Crippen LogP contribution in [0.15, 0.2) is 18.2 Å². The predicted molar refractivity (Wildman–Crippen MR) is 75.3 cm³/mol. The fourth-order valence-corrected chi connectivity index (χ4v) is 2.89. The smallest absolute Gasteiger partial charge is 0.129 e. The third-order valence-electron chi connectivity index (χ3n) is 3.85. The number of H-pyrrole nitrogens is 1. The van der Waals surface area contributed by atoms with Crippen LogP contribution in [0.3, 0.4) is 0 Å². The maximum Gasteiger partial charge on any atom is 0.129 e. The van der Waals surface area contributed by atoms with Crippen LogP contribution in [-0.4, -0.2) is 11.1 Å². The minimum atomic E-state index is 0.333. The van der Waals surface area contributed by atoms with Gasteiger partial charge in [-0.15, -0.1) is 0 Å². The average molecular weight is 254 g/mol. The molecule has 19 heavy (non-hydrogen) atoms. The van der Waals surface area contributed by atoms with Gasteiger partial charge < -0.3 is 9.72 Å². The van der Waals surface area contributed by atoms with Crippen molar-refractivity contribution in [3.05, 3.63) is 29.5 Å². The molecule has 1 aliphatic rings. The molecule has 98 valence electrons. The quantitative estimate of drug-likeness (QED) is 0.878. The topological polar surface area (TPSA) is 48.8 Å². The summed E-state index contributed by atoms with van der Waals surface area (Å²) in [5.41, 5.74) is 2.64. The summed E-state index contributed by atoms with van der Waals surface area (Å²) in [6, 6.07) is 8.07. The molecular weight excluding hydrogens is 236 g/mol. The highest BCUT2D eigenvalue weighted by molar-refractivity contribution is 5.91. The summed E-state index contributed by atoms with van der Waals surface area (Å²) in [6.07, 6.45) is 6.47. The molecule has 1 saturated carbocycles. The predicted octanol–water partition coefficient (Wildman–Crippen LogP) is 4.06. The highest BCUT2D eigenvalue weighted by Crippen LogP contribution is 2.32. The Hall–Kier alpha value is -1.95. The Labute approximate surface area is 113 Å². The number of aromatic nitrogens is 1. The van der Waals surface area contributed by atoms with Gasteiger partial charge in [0.2, 0.25) is 0 Å². The van der Waals surface area contributed by atoms with Gasteiger partial charge in [0.15, 0.2) is 0 Å². The van der Waals surface area contributed by atoms with Gasteiger partial charge in [0, 0.05) is 11.1 Å². The van der Waals surface area contributed by atoms with Crippen LogP contribution in [-0.2, 0) is 0 Å². The minimum absolute atomic E-state index is 0.333. The maximum absolute atomic E-state index is 9.15. The van der Waals surface area contributed by atoms with Crippen LogP contribution in [0.2, 0.25) is 0 Å². The summed E-state index contributed by atoms with van der Waals surface area (Å²) >= 11 is 0. The molecule has 0 radical (unpaired) electrons. The van der Waals surface area contributed by atoms with E-state index in [1.165, 1.54) is 19.3 Å². The largest absolute Gasteiger partial charge is 0.490 e. The first-order valence-electron chi connectivity index (χ1n) is 6.97. The summed E-state index contributed by atoms with van der Waals surface area (Å²) in [4.78, 5) is 3.25. The number of hydrogen-bond acceptors (Lipinski definition) is 2. The molecule has 1 aliphatic carbocycles. The lowest BCUT2D eigenvalue weighted by molar-refractivity contribution is 0.157. The lowest BCUT2D eigenvalue weighted by atomic mass is 9.97. The van der Waals surface area contributed by atoms with E-state index < -0.39 is 0 Å². The molecule has 1 heterocycles. The van der Waals surface area contributed by atoms with E-state index in [4.69, 9.17) is 10.00 Å². The molecule has 3 nitrogen and oxygen atoms in total. The third-order valence-corrected chi connectivity index (χ3v) is 3.85. The molecule has 0 saturated heterocycles. The Morgan fingerprint density at radius 3 is 2.79 bits per heavy atom. The molecule has 0 amide bonds. The Balaban J connectivity index is 1.97. The van der Waals surface area contributed by atoms with Gasteiger partial charge in [0.05, 0.1) is 17.2 Å². The van der Waals surface area contributed by atoms with Gasteiger partial charge in [-0.3, -0.25) is 0 Å². The number of nitrogens with one attached hydrogen (secondary N) is 1. The number of hydrogen-bond donors (Lipinski definition) is 1. The van der Waals surface area contributed by atoms with E-state index in [9.17, 15) is 0 Å². The second-order valence-corrected chi connectivity index (χ2v) is 5.34. The molecule has 0 aliphatic heterocycles. The van der Waals surface area contributed by atoms with Crippen molar-refractivity contribution in [3.8, 4) is 11.8 Å². The number of aryl methyl sites for hydroxylation is 1. The van der Waals surface area contributed by atoms with Gasteiger partial charge in [-0.25, -0.2) is 0 Å². The van der Waals surface area contributed by atoms with Crippen molar-refractivity contribution in [3.63, 3.8) is 0 Å². The van der Waals surface area contributed by atoms with E-state index in [0.717, 1.165) is 35.2 Å². The first-order chi connectivity index (χ1) is 9.28. The van der Waals surface area contributed by atoms with Crippen molar-refractivity contribution in [1.29, 1.82) is 5.26 Å². The molecule has 3 heteroatoms. The molecule has 1 N–H and O–H groups in total. The van der Waals surface area contributed by atoms with Crippen molar-refractivity contribution in [2.24, 2.45) is 0 Å². The second-order valence-electron chi connectivity index (χ2n) is 5.34. The van der Waals surface area contributed by atoms with Gasteiger partial charge in [-0.05, 0) is 50.8 Å². The van der Waals surface area contributed by atoms with E-state index in [1.54, 1.807) is 0 Å². The third kappa shape index (κ3) is 2.31. The summed E-state index contributed by atoms with van der Waals surface area (Å²) in [5, 5.41) is 10.2. The molecule has 3 rings (SSSR count). The Bertz CT molecular complexity index is 630. The SMILES string of the molecule is Cc1cc2c(OC3CCCCC3)ccc(C#N)c2[nH]1. The summed E-state index contributed by atoms with van der Waals surface area (Å²) in [7, 11) is 0. The van der Waals surface area contributed by atoms with Crippen LogP contribution in [0.5, 0.6) is 5.75 Å². The Kier molecular flexibility index (Phi) is 3.16. The number of rotatable bonds is 2. The molecule has 2 aromatic rings. The lowest BCUT2D eigenvalue weighted by Gasteiger charge is -2.23. The highest BCUT2D eigenvalue weighted by Gasteiger charge is 2.17. The van der Waals surface area contributed by atoms with Crippen LogP contribution in [0.4, 0.5) is 0 Å². The van der Waals surface area contributed by atoms with E-state index in [1.807, 2.05) is 19.1 Å². The van der Waals surface area contributed by atoms with Gasteiger partial charge >= 0.3 is 0 Å². The molecule has 1 aromatic heterocycles. The van der Waals surface area contributed by atoms with Crippen LogP contribution in [0.25, 0.3) is 10.9 Å². The van der Waals surface area contributed by atoms with E-state index in [2.05, 4.69) is 17.1 Å². The zero-order valence-electron chi connectivity index (χ0n) is 11.2. The second kappa shape index (κ2) is 4.97. The lowest BCUT2D eigenvalue weighted by Crippen LogP contribution is -2.19. The van der Waals surface area contributed by atoms with Crippen molar-refractivity contribution < 1.29 is 4.74 Å². The van der Waals surface area contributed by atoms with Crippen molar-refractivity contribution in [2.75, 3.05) is 0 Å². The standard InChI is InChI=1S/C16H18N2O/c1-11-9-14-15(19-13-5-3-2-4-6-13)8-7-12(10-17)16(14)18-11/h7-9,13,18H,2-6H2,1H3. The van der Waals surface area contributed by atoms with Crippen LogP contribution < -0.4 is 4.74 Å². The fraction of sp³-hybridized carbons (Fsp3) is 0.438. The fourth-order valence-electron chi connectivity index (χ4n) is 2.89. The molecule has 0 atom stereocenters. The van der Waals surface area contributed by atoms with Crippen molar-refractivity contribution >= 4 is 10.9 Å². The number of nitriles is 1. The van der Waals surface area contributed by atoms with Gasteiger partial charge in [0.1, 0.15) is 11.8 Å². The normalized spacial score (nSPS) is 16.4. The first kappa shape index (κ1) is 12.1. The van der Waals surface area contributed by atoms with Crippen LogP contribution in [0, 0.1) is 18.3 Å². The number of aromatic amines is 1. The summed E-state index contributed by atoms with van der Waals surface area (Å²) in [5.74, 6) is 0.908. The number of fused-ring (bicyclic) bond motifs is 1. The summed E-state index contributed by atoms with van der Waals surface area (Å²) in [6.45, 7) is 2.01. The molecule has 1 aromatic carbocycles. The average Bonchev–Trinajstić information content (AvgIpc) is 2.82. The van der Waals surface area contributed by atoms with Gasteiger partial charge in [0.25, 0.3) is 0 Å². The molecule has 0 bridgehead atoms. The highest BCUT2D eigenvalue weighted by atomic mass is 16.5. The molecule has 0 unspecified atom stereocenters. The first-order valence-corrected chi connectivity index (χ1v) is 6.97. The number of ether oxygens (including phenoxy) is 1. The van der Waals surface area contributed by atoms with E-state index in [0.29, 0.717) is 11.7 Å². The Morgan fingerprint density at radius 1 is 1.26 bits per heavy atom. The zero-order chi connectivity index (χ0) is 13.2.